The van der Waals surface area contributed by atoms with Crippen LogP contribution in [0.4, 0.5) is 0 Å². The van der Waals surface area contributed by atoms with E-state index in [4.69, 9.17) is 37.0 Å². The Labute approximate surface area is 600 Å². The standard InChI is InChI=1S/C79H154O17P2/c1-7-10-12-14-16-18-20-21-22-26-29-33-37-44-50-56-62-77(82)90-67-74(95-78(83)63-57-51-45-38-34-30-27-24-23-25-28-32-35-41-47-53-59-71(4)5)69-93-97(85,86)91-65-73(80)66-92-98(87,88)94-70-75(68-89-76(81)61-55-49-43-36-31-19-17-15-13-11-8-2)96-79(84)64-58-52-46-40-39-42-48-54-60-72(6)9-3/h71-75,80H,7-70H2,1-6H3,(H,85,86)(H,87,88)/t72?,73-,74-,75-/m1/s1. The lowest BCUT2D eigenvalue weighted by Gasteiger charge is -2.21. The van der Waals surface area contributed by atoms with E-state index < -0.39 is 97.5 Å². The molecule has 0 aromatic heterocycles. The number of phosphoric ester groups is 2. The molecule has 0 aromatic carbocycles. The van der Waals surface area contributed by atoms with Crippen molar-refractivity contribution in [2.24, 2.45) is 11.8 Å². The van der Waals surface area contributed by atoms with E-state index >= 15 is 0 Å². The maximum atomic E-state index is 13.1. The molecular formula is C79H154O17P2. The Hall–Kier alpha value is -1.94. The number of phosphoric acid groups is 2. The number of rotatable bonds is 78. The fourth-order valence-corrected chi connectivity index (χ4v) is 13.7. The zero-order valence-corrected chi connectivity index (χ0v) is 65.9. The van der Waals surface area contributed by atoms with Crippen LogP contribution in [0, 0.1) is 11.8 Å². The summed E-state index contributed by atoms with van der Waals surface area (Å²) in [6, 6.07) is 0. The maximum absolute atomic E-state index is 13.1. The summed E-state index contributed by atoms with van der Waals surface area (Å²) < 4.78 is 68.6. The zero-order chi connectivity index (χ0) is 72.1. The Balaban J connectivity index is 5.24. The highest BCUT2D eigenvalue weighted by atomic mass is 31.2. The van der Waals surface area contributed by atoms with Gasteiger partial charge in [-0.05, 0) is 37.5 Å². The van der Waals surface area contributed by atoms with Gasteiger partial charge in [-0.1, -0.05) is 363 Å². The molecule has 0 bridgehead atoms. The molecule has 98 heavy (non-hydrogen) atoms. The Morgan fingerprint density at radius 1 is 0.296 bits per heavy atom. The lowest BCUT2D eigenvalue weighted by molar-refractivity contribution is -0.161. The van der Waals surface area contributed by atoms with Gasteiger partial charge in [-0.25, -0.2) is 9.13 Å². The van der Waals surface area contributed by atoms with Crippen molar-refractivity contribution in [2.75, 3.05) is 39.6 Å². The average molecular weight is 1440 g/mol. The first-order chi connectivity index (χ1) is 47.4. The largest absolute Gasteiger partial charge is 0.472 e. The van der Waals surface area contributed by atoms with Crippen LogP contribution >= 0.6 is 15.6 Å². The fraction of sp³-hybridized carbons (Fsp3) is 0.949. The van der Waals surface area contributed by atoms with Crippen LogP contribution in [0.3, 0.4) is 0 Å². The average Bonchev–Trinajstić information content (AvgIpc) is 0.978. The highest BCUT2D eigenvalue weighted by Gasteiger charge is 2.30. The van der Waals surface area contributed by atoms with Crippen LogP contribution < -0.4 is 0 Å². The molecule has 0 spiro atoms. The normalized spacial score (nSPS) is 14.2. The van der Waals surface area contributed by atoms with Crippen LogP contribution in [-0.4, -0.2) is 96.7 Å². The van der Waals surface area contributed by atoms with E-state index in [1.807, 2.05) is 0 Å². The van der Waals surface area contributed by atoms with Crippen LogP contribution in [0.2, 0.25) is 0 Å². The fourth-order valence-electron chi connectivity index (χ4n) is 12.2. The zero-order valence-electron chi connectivity index (χ0n) is 64.1. The number of aliphatic hydroxyl groups is 1. The van der Waals surface area contributed by atoms with Crippen molar-refractivity contribution < 1.29 is 80.2 Å². The van der Waals surface area contributed by atoms with Crippen molar-refractivity contribution >= 4 is 39.5 Å². The molecule has 0 aliphatic rings. The summed E-state index contributed by atoms with van der Waals surface area (Å²) in [6.07, 6.45) is 59.5. The molecule has 17 nitrogen and oxygen atoms in total. The van der Waals surface area contributed by atoms with E-state index in [0.29, 0.717) is 25.7 Å². The van der Waals surface area contributed by atoms with Crippen LogP contribution in [0.5, 0.6) is 0 Å². The minimum atomic E-state index is -4.96. The molecule has 0 aliphatic heterocycles. The van der Waals surface area contributed by atoms with Gasteiger partial charge in [0.15, 0.2) is 12.2 Å². The minimum absolute atomic E-state index is 0.105. The molecule has 582 valence electrons. The summed E-state index contributed by atoms with van der Waals surface area (Å²) in [5.74, 6) is -0.532. The van der Waals surface area contributed by atoms with Crippen molar-refractivity contribution in [1.82, 2.24) is 0 Å². The second-order valence-corrected chi connectivity index (χ2v) is 32.1. The second kappa shape index (κ2) is 70.7. The van der Waals surface area contributed by atoms with Gasteiger partial charge in [0.05, 0.1) is 26.4 Å². The summed E-state index contributed by atoms with van der Waals surface area (Å²) in [4.78, 5) is 72.9. The molecular weight excluding hydrogens is 1280 g/mol. The number of carbonyl (C=O) groups is 4. The second-order valence-electron chi connectivity index (χ2n) is 29.2. The third-order valence-electron chi connectivity index (χ3n) is 18.8. The SMILES string of the molecule is CCCCCCCCCCCCCCCCCCC(=O)OC[C@H](COP(=O)(O)OC[C@@H](O)COP(=O)(O)OC[C@@H](COC(=O)CCCCCCCCCCCCC)OC(=O)CCCCCCCCCCC(C)CC)OC(=O)CCCCCCCCCCCCCCCCCCC(C)C. The maximum Gasteiger partial charge on any atom is 0.472 e. The van der Waals surface area contributed by atoms with Crippen LogP contribution in [0.1, 0.15) is 414 Å². The van der Waals surface area contributed by atoms with Crippen LogP contribution in [0.25, 0.3) is 0 Å². The molecule has 3 N–H and O–H groups in total. The quantitative estimate of drug-likeness (QED) is 0.0222. The van der Waals surface area contributed by atoms with Gasteiger partial charge >= 0.3 is 39.5 Å². The predicted octanol–water partition coefficient (Wildman–Crippen LogP) is 23.5. The van der Waals surface area contributed by atoms with Crippen molar-refractivity contribution in [1.29, 1.82) is 0 Å². The van der Waals surface area contributed by atoms with E-state index in [-0.39, 0.29) is 25.7 Å². The van der Waals surface area contributed by atoms with E-state index in [9.17, 15) is 43.2 Å². The lowest BCUT2D eigenvalue weighted by Crippen LogP contribution is -2.30. The molecule has 0 aliphatic carbocycles. The summed E-state index contributed by atoms with van der Waals surface area (Å²) in [5.41, 5.74) is 0. The third kappa shape index (κ3) is 71.1. The van der Waals surface area contributed by atoms with E-state index in [1.165, 1.54) is 231 Å². The van der Waals surface area contributed by atoms with Crippen LogP contribution in [0.15, 0.2) is 0 Å². The minimum Gasteiger partial charge on any atom is -0.462 e. The van der Waals surface area contributed by atoms with Crippen molar-refractivity contribution in [3.63, 3.8) is 0 Å². The molecule has 0 saturated heterocycles. The van der Waals surface area contributed by atoms with Gasteiger partial charge in [0.25, 0.3) is 0 Å². The number of hydrogen-bond donors (Lipinski definition) is 3. The smallest absolute Gasteiger partial charge is 0.462 e. The van der Waals surface area contributed by atoms with Crippen molar-refractivity contribution in [2.45, 2.75) is 432 Å². The first-order valence-corrected chi connectivity index (χ1v) is 44.0. The molecule has 0 fully saturated rings. The molecule has 0 rings (SSSR count). The van der Waals surface area contributed by atoms with E-state index in [1.54, 1.807) is 0 Å². The summed E-state index contributed by atoms with van der Waals surface area (Å²) in [6.45, 7) is 9.65. The summed E-state index contributed by atoms with van der Waals surface area (Å²) >= 11 is 0. The number of carbonyl (C=O) groups excluding carboxylic acids is 4. The highest BCUT2D eigenvalue weighted by molar-refractivity contribution is 7.47. The molecule has 0 radical (unpaired) electrons. The number of unbranched alkanes of at least 4 members (excludes halogenated alkanes) is 47. The topological polar surface area (TPSA) is 237 Å². The summed E-state index contributed by atoms with van der Waals surface area (Å²) in [5, 5.41) is 10.6. The first-order valence-electron chi connectivity index (χ1n) is 41.0. The Morgan fingerprint density at radius 3 is 0.776 bits per heavy atom. The van der Waals surface area contributed by atoms with Gasteiger partial charge < -0.3 is 33.8 Å². The summed E-state index contributed by atoms with van der Waals surface area (Å²) in [7, 11) is -9.92. The van der Waals surface area contributed by atoms with Crippen molar-refractivity contribution in [3.8, 4) is 0 Å². The molecule has 19 heteroatoms. The number of aliphatic hydroxyl groups excluding tert-OH is 1. The lowest BCUT2D eigenvalue weighted by atomic mass is 9.99. The van der Waals surface area contributed by atoms with Crippen molar-refractivity contribution in [3.05, 3.63) is 0 Å². The van der Waals surface area contributed by atoms with Gasteiger partial charge in [-0.2, -0.15) is 0 Å². The van der Waals surface area contributed by atoms with Gasteiger partial charge in [0.2, 0.25) is 0 Å². The molecule has 3 unspecified atom stereocenters. The van der Waals surface area contributed by atoms with Crippen LogP contribution in [-0.2, 0) is 65.4 Å². The monoisotopic (exact) mass is 1440 g/mol. The van der Waals surface area contributed by atoms with E-state index in [2.05, 4.69) is 41.5 Å². The van der Waals surface area contributed by atoms with E-state index in [0.717, 1.165) is 102 Å². The molecule has 0 heterocycles. The molecule has 0 aromatic rings. The van der Waals surface area contributed by atoms with Gasteiger partial charge in [-0.15, -0.1) is 0 Å². The Kier molecular flexibility index (Phi) is 69.3. The molecule has 6 atom stereocenters. The van der Waals surface area contributed by atoms with Gasteiger partial charge in [0, 0.05) is 25.7 Å². The van der Waals surface area contributed by atoms with Gasteiger partial charge in [-0.3, -0.25) is 37.3 Å². The third-order valence-corrected chi connectivity index (χ3v) is 20.7. The number of esters is 4. The molecule has 0 amide bonds. The number of hydrogen-bond acceptors (Lipinski definition) is 15. The Morgan fingerprint density at radius 2 is 0.520 bits per heavy atom. The number of ether oxygens (including phenoxy) is 4. The predicted molar refractivity (Wildman–Crippen MR) is 400 cm³/mol. The molecule has 0 saturated carbocycles. The Bertz CT molecular complexity index is 1890. The van der Waals surface area contributed by atoms with Gasteiger partial charge in [0.1, 0.15) is 19.3 Å². The highest BCUT2D eigenvalue weighted by Crippen LogP contribution is 2.45. The first kappa shape index (κ1) is 96.1.